The summed E-state index contributed by atoms with van der Waals surface area (Å²) in [7, 11) is 0. The van der Waals surface area contributed by atoms with E-state index in [9.17, 15) is 8.78 Å². The van der Waals surface area contributed by atoms with Gasteiger partial charge in [0.15, 0.2) is 0 Å². The average Bonchev–Trinajstić information content (AvgIpc) is 2.07. The van der Waals surface area contributed by atoms with Crippen LogP contribution in [-0.2, 0) is 11.3 Å². The number of ether oxygens (including phenoxy) is 1. The van der Waals surface area contributed by atoms with Gasteiger partial charge < -0.3 is 4.74 Å². The summed E-state index contributed by atoms with van der Waals surface area (Å²) in [6.45, 7) is 3.72. The maximum absolute atomic E-state index is 12.8. The maximum atomic E-state index is 12.8. The van der Waals surface area contributed by atoms with Gasteiger partial charge in [0, 0.05) is 12.2 Å². The highest BCUT2D eigenvalue weighted by Crippen LogP contribution is 2.10. The summed E-state index contributed by atoms with van der Waals surface area (Å²) >= 11 is 0. The highest BCUT2D eigenvalue weighted by molar-refractivity contribution is 5.17. The van der Waals surface area contributed by atoms with E-state index in [1.165, 1.54) is 0 Å². The molecule has 0 aliphatic carbocycles. The van der Waals surface area contributed by atoms with E-state index in [1.54, 1.807) is 0 Å². The molecule has 0 saturated carbocycles. The first-order valence-electron chi connectivity index (χ1n) is 3.55. The Morgan fingerprint density at radius 2 is 2.08 bits per heavy atom. The molecule has 0 N–H and O–H groups in total. The van der Waals surface area contributed by atoms with E-state index < -0.39 is 11.6 Å². The monoisotopic (exact) mass is 171 g/mol. The Balaban J connectivity index is 2.75. The van der Waals surface area contributed by atoms with E-state index in [4.69, 9.17) is 4.74 Å². The Hall–Kier alpha value is -0.960. The predicted molar refractivity (Wildman–Crippen MR) is 41.4 cm³/mol. The molecule has 0 unspecified atom stereocenters. The Bertz CT molecular complexity index is 261. The normalized spacial score (nSPS) is 10.2. The van der Waals surface area contributed by atoms with Crippen LogP contribution >= 0.6 is 0 Å². The van der Waals surface area contributed by atoms with Gasteiger partial charge in [-0.1, -0.05) is 0 Å². The summed E-state index contributed by atoms with van der Waals surface area (Å²) in [5, 5.41) is 0. The highest BCUT2D eigenvalue weighted by Gasteiger charge is 2.02. The second-order valence-electron chi connectivity index (χ2n) is 2.29. The van der Waals surface area contributed by atoms with E-state index in [2.05, 4.69) is 6.92 Å². The van der Waals surface area contributed by atoms with Crippen molar-refractivity contribution in [3.63, 3.8) is 0 Å². The van der Waals surface area contributed by atoms with Crippen LogP contribution in [0.5, 0.6) is 0 Å². The Morgan fingerprint density at radius 3 is 2.75 bits per heavy atom. The quantitative estimate of drug-likeness (QED) is 0.678. The number of benzene rings is 1. The lowest BCUT2D eigenvalue weighted by molar-refractivity contribution is 0.144. The number of halogens is 2. The van der Waals surface area contributed by atoms with E-state index in [1.807, 2.05) is 0 Å². The van der Waals surface area contributed by atoms with Gasteiger partial charge in [0.25, 0.3) is 0 Å². The Labute approximate surface area is 70.0 Å². The predicted octanol–water partition coefficient (Wildman–Crippen LogP) is 2.32. The van der Waals surface area contributed by atoms with Gasteiger partial charge in [0.2, 0.25) is 0 Å². The van der Waals surface area contributed by atoms with Gasteiger partial charge in [-0.2, -0.15) is 0 Å². The fourth-order valence-corrected chi connectivity index (χ4v) is 0.836. The molecular formula is C9H9F2O. The van der Waals surface area contributed by atoms with Gasteiger partial charge in [-0.3, -0.25) is 0 Å². The highest BCUT2D eigenvalue weighted by atomic mass is 19.1. The van der Waals surface area contributed by atoms with Crippen LogP contribution in [0.3, 0.4) is 0 Å². The van der Waals surface area contributed by atoms with Crippen LogP contribution in [0.2, 0.25) is 0 Å². The van der Waals surface area contributed by atoms with Crippen molar-refractivity contribution in [2.24, 2.45) is 0 Å². The minimum Gasteiger partial charge on any atom is -0.377 e. The smallest absolute Gasteiger partial charge is 0.128 e. The summed E-state index contributed by atoms with van der Waals surface area (Å²) in [4.78, 5) is 0. The van der Waals surface area contributed by atoms with Crippen LogP contribution in [0.4, 0.5) is 8.78 Å². The largest absolute Gasteiger partial charge is 0.377 e. The third kappa shape index (κ3) is 2.27. The molecule has 0 aliphatic rings. The third-order valence-corrected chi connectivity index (χ3v) is 1.41. The maximum Gasteiger partial charge on any atom is 0.128 e. The first kappa shape index (κ1) is 9.13. The summed E-state index contributed by atoms with van der Waals surface area (Å²) in [6, 6.07) is 3.27. The van der Waals surface area contributed by atoms with Crippen molar-refractivity contribution < 1.29 is 13.5 Å². The van der Waals surface area contributed by atoms with Gasteiger partial charge in [0.05, 0.1) is 6.61 Å². The molecule has 12 heavy (non-hydrogen) atoms. The molecule has 0 heterocycles. The molecule has 1 aromatic rings. The van der Waals surface area contributed by atoms with Crippen molar-refractivity contribution in [1.82, 2.24) is 0 Å². The lowest BCUT2D eigenvalue weighted by Gasteiger charge is -2.02. The summed E-state index contributed by atoms with van der Waals surface area (Å²) < 4.78 is 30.2. The zero-order valence-corrected chi connectivity index (χ0v) is 6.52. The van der Waals surface area contributed by atoms with E-state index in [-0.39, 0.29) is 18.8 Å². The van der Waals surface area contributed by atoms with Gasteiger partial charge in [-0.05, 0) is 25.1 Å². The topological polar surface area (TPSA) is 9.23 Å². The minimum absolute atomic E-state index is 0.0626. The number of rotatable bonds is 3. The molecule has 0 bridgehead atoms. The number of hydrogen-bond donors (Lipinski definition) is 0. The zero-order valence-electron chi connectivity index (χ0n) is 6.52. The standard InChI is InChI=1S/C9H9F2O/c1-2-12-6-7-5-8(10)3-4-9(7)11/h3-5H,1-2,6H2. The Morgan fingerprint density at radius 1 is 1.33 bits per heavy atom. The number of hydrogen-bond acceptors (Lipinski definition) is 1. The molecular weight excluding hydrogens is 162 g/mol. The minimum atomic E-state index is -0.459. The van der Waals surface area contributed by atoms with Crippen molar-refractivity contribution in [2.75, 3.05) is 6.61 Å². The molecule has 0 amide bonds. The lowest BCUT2D eigenvalue weighted by Crippen LogP contribution is -1.96. The van der Waals surface area contributed by atoms with Crippen molar-refractivity contribution in [3.05, 3.63) is 42.3 Å². The summed E-state index contributed by atoms with van der Waals surface area (Å²) in [6.07, 6.45) is 0. The second-order valence-corrected chi connectivity index (χ2v) is 2.29. The van der Waals surface area contributed by atoms with Crippen molar-refractivity contribution in [3.8, 4) is 0 Å². The molecule has 1 radical (unpaired) electrons. The molecule has 0 spiro atoms. The molecule has 0 aromatic heterocycles. The molecule has 0 atom stereocenters. The first-order valence-corrected chi connectivity index (χ1v) is 3.55. The first-order chi connectivity index (χ1) is 5.74. The molecule has 3 heteroatoms. The van der Waals surface area contributed by atoms with Crippen LogP contribution in [-0.4, -0.2) is 6.61 Å². The van der Waals surface area contributed by atoms with Gasteiger partial charge in [-0.25, -0.2) is 8.78 Å². The van der Waals surface area contributed by atoms with Crippen molar-refractivity contribution in [1.29, 1.82) is 0 Å². The fourth-order valence-electron chi connectivity index (χ4n) is 0.836. The van der Waals surface area contributed by atoms with E-state index in [0.29, 0.717) is 0 Å². The molecule has 65 valence electrons. The summed E-state index contributed by atoms with van der Waals surface area (Å²) in [5.41, 5.74) is 0.221. The molecule has 1 rings (SSSR count). The SMILES string of the molecule is [CH2]COCc1cc(F)ccc1F. The van der Waals surface area contributed by atoms with Crippen LogP contribution in [0, 0.1) is 18.6 Å². The molecule has 0 aliphatic heterocycles. The van der Waals surface area contributed by atoms with Crippen LogP contribution < -0.4 is 0 Å². The second kappa shape index (κ2) is 4.16. The zero-order chi connectivity index (χ0) is 8.97. The van der Waals surface area contributed by atoms with Crippen LogP contribution in [0.25, 0.3) is 0 Å². The average molecular weight is 171 g/mol. The lowest BCUT2D eigenvalue weighted by atomic mass is 10.2. The fraction of sp³-hybridized carbons (Fsp3) is 0.222. The summed E-state index contributed by atoms with van der Waals surface area (Å²) in [5.74, 6) is -0.913. The van der Waals surface area contributed by atoms with Crippen molar-refractivity contribution in [2.45, 2.75) is 6.61 Å². The van der Waals surface area contributed by atoms with E-state index in [0.717, 1.165) is 18.2 Å². The molecule has 0 fully saturated rings. The van der Waals surface area contributed by atoms with Crippen molar-refractivity contribution >= 4 is 0 Å². The molecule has 0 saturated heterocycles. The van der Waals surface area contributed by atoms with Crippen LogP contribution in [0.15, 0.2) is 18.2 Å². The van der Waals surface area contributed by atoms with Gasteiger partial charge in [0.1, 0.15) is 11.6 Å². The molecule has 1 nitrogen and oxygen atoms in total. The van der Waals surface area contributed by atoms with E-state index >= 15 is 0 Å². The van der Waals surface area contributed by atoms with Crippen LogP contribution in [0.1, 0.15) is 5.56 Å². The Kier molecular flexibility index (Phi) is 3.17. The van der Waals surface area contributed by atoms with Gasteiger partial charge in [-0.15, -0.1) is 0 Å². The third-order valence-electron chi connectivity index (χ3n) is 1.41. The molecule has 1 aromatic carbocycles. The van der Waals surface area contributed by atoms with Gasteiger partial charge >= 0.3 is 0 Å².